The first-order chi connectivity index (χ1) is 14.7. The van der Waals surface area contributed by atoms with Gasteiger partial charge >= 0.3 is 12.4 Å². The van der Waals surface area contributed by atoms with Gasteiger partial charge in [-0.05, 0) is 55.8 Å². The van der Waals surface area contributed by atoms with E-state index >= 15 is 0 Å². The number of aliphatic hydroxyl groups is 1. The molecular weight excluding hydrogens is 454 g/mol. The van der Waals surface area contributed by atoms with Gasteiger partial charge in [0.2, 0.25) is 16.1 Å². The number of alkyl halides is 6. The molecule has 9 heteroatoms. The standard InChI is InChI=1S/C23H19F6O2S/c1-14-7-9-18(10-8-14)32(31)20-6-4-3-5-19(20)21(2,30)15-11-16(22(24,25)26)13-17(12-15)23(27,28)29/h3-13,30-31H,1-2H3/q+1/t21-,32?/m1/s1. The third-order valence-electron chi connectivity index (χ3n) is 5.01. The van der Waals surface area contributed by atoms with Crippen LogP contribution in [-0.4, -0.2) is 9.66 Å². The maximum Gasteiger partial charge on any atom is 0.416 e. The molecule has 0 amide bonds. The summed E-state index contributed by atoms with van der Waals surface area (Å²) in [4.78, 5) is 0.672. The van der Waals surface area contributed by atoms with Gasteiger partial charge in [-0.1, -0.05) is 35.9 Å². The van der Waals surface area contributed by atoms with Crippen LogP contribution in [0.5, 0.6) is 0 Å². The maximum atomic E-state index is 13.3. The number of benzene rings is 3. The van der Waals surface area contributed by atoms with Crippen molar-refractivity contribution >= 4 is 11.2 Å². The van der Waals surface area contributed by atoms with E-state index in [1.54, 1.807) is 30.3 Å². The molecular formula is C23H19F6O2S+. The van der Waals surface area contributed by atoms with Crippen molar-refractivity contribution in [3.63, 3.8) is 0 Å². The average molecular weight is 473 g/mol. The molecule has 0 fully saturated rings. The maximum absolute atomic E-state index is 13.3. The molecule has 0 aliphatic carbocycles. The van der Waals surface area contributed by atoms with Crippen molar-refractivity contribution in [1.29, 1.82) is 0 Å². The first kappa shape index (κ1) is 24.2. The Morgan fingerprint density at radius 2 is 1.19 bits per heavy atom. The van der Waals surface area contributed by atoms with E-state index in [1.807, 2.05) is 6.92 Å². The second-order valence-corrected chi connectivity index (χ2v) is 8.94. The van der Waals surface area contributed by atoms with Crippen LogP contribution in [0.3, 0.4) is 0 Å². The molecule has 0 radical (unpaired) electrons. The van der Waals surface area contributed by atoms with E-state index in [4.69, 9.17) is 0 Å². The summed E-state index contributed by atoms with van der Waals surface area (Å²) in [6.07, 6.45) is -10.1. The van der Waals surface area contributed by atoms with Crippen molar-refractivity contribution in [1.82, 2.24) is 0 Å². The van der Waals surface area contributed by atoms with Crippen molar-refractivity contribution < 1.29 is 36.0 Å². The zero-order valence-corrected chi connectivity index (χ0v) is 17.7. The van der Waals surface area contributed by atoms with Gasteiger partial charge in [0.1, 0.15) is 5.60 Å². The Balaban J connectivity index is 2.18. The minimum absolute atomic E-state index is 0.00106. The molecule has 0 aromatic heterocycles. The first-order valence-electron chi connectivity index (χ1n) is 9.33. The Morgan fingerprint density at radius 1 is 0.719 bits per heavy atom. The summed E-state index contributed by atoms with van der Waals surface area (Å²) in [5.74, 6) is 0. The van der Waals surface area contributed by atoms with E-state index in [1.165, 1.54) is 18.2 Å². The highest BCUT2D eigenvalue weighted by atomic mass is 32.2. The molecule has 2 N–H and O–H groups in total. The lowest BCUT2D eigenvalue weighted by Crippen LogP contribution is -2.27. The Kier molecular flexibility index (Phi) is 6.38. The molecule has 0 saturated heterocycles. The van der Waals surface area contributed by atoms with E-state index in [9.17, 15) is 36.0 Å². The van der Waals surface area contributed by atoms with E-state index in [0.717, 1.165) is 12.5 Å². The normalized spacial score (nSPS) is 15.3. The predicted octanol–water partition coefficient (Wildman–Crippen LogP) is 6.80. The summed E-state index contributed by atoms with van der Waals surface area (Å²) in [5.41, 5.74) is -4.96. The van der Waals surface area contributed by atoms with Crippen LogP contribution in [-0.2, 0) is 29.1 Å². The molecule has 0 aliphatic rings. The minimum Gasteiger partial charge on any atom is -0.380 e. The van der Waals surface area contributed by atoms with E-state index < -0.39 is 45.8 Å². The number of aryl methyl sites for hydroxylation is 1. The molecule has 3 aromatic carbocycles. The second-order valence-electron chi connectivity index (χ2n) is 7.46. The third-order valence-corrected chi connectivity index (χ3v) is 6.51. The van der Waals surface area contributed by atoms with Crippen LogP contribution in [0.2, 0.25) is 0 Å². The number of hydrogen-bond donors (Lipinski definition) is 2. The monoisotopic (exact) mass is 473 g/mol. The van der Waals surface area contributed by atoms with Crippen LogP contribution in [0.25, 0.3) is 0 Å². The molecule has 0 heterocycles. The molecule has 0 saturated carbocycles. The molecule has 0 bridgehead atoms. The molecule has 0 spiro atoms. The molecule has 3 rings (SSSR count). The van der Waals surface area contributed by atoms with E-state index in [0.29, 0.717) is 17.0 Å². The van der Waals surface area contributed by atoms with E-state index in [2.05, 4.69) is 0 Å². The van der Waals surface area contributed by atoms with Gasteiger partial charge in [0.05, 0.1) is 11.1 Å². The smallest absolute Gasteiger partial charge is 0.380 e. The van der Waals surface area contributed by atoms with Crippen LogP contribution in [0.1, 0.15) is 34.7 Å². The lowest BCUT2D eigenvalue weighted by molar-refractivity contribution is -0.143. The van der Waals surface area contributed by atoms with Gasteiger partial charge in [-0.25, -0.2) is 0 Å². The van der Waals surface area contributed by atoms with E-state index in [-0.39, 0.29) is 16.5 Å². The van der Waals surface area contributed by atoms with Gasteiger partial charge in [-0.3, -0.25) is 0 Å². The van der Waals surface area contributed by atoms with Gasteiger partial charge in [-0.15, -0.1) is 0 Å². The SMILES string of the molecule is Cc1ccc([S+](O)c2ccccc2[C@](C)(O)c2cc(C(F)(F)F)cc(C(F)(F)F)c2)cc1. The third kappa shape index (κ3) is 4.95. The van der Waals surface area contributed by atoms with Crippen LogP contribution < -0.4 is 0 Å². The van der Waals surface area contributed by atoms with Gasteiger partial charge in [-0.2, -0.15) is 30.9 Å². The lowest BCUT2D eigenvalue weighted by Gasteiger charge is -2.27. The topological polar surface area (TPSA) is 40.5 Å². The fraction of sp³-hybridized carbons (Fsp3) is 0.217. The molecule has 170 valence electrons. The lowest BCUT2D eigenvalue weighted by atomic mass is 9.86. The summed E-state index contributed by atoms with van der Waals surface area (Å²) in [7, 11) is 0. The molecule has 3 aromatic rings. The van der Waals surface area contributed by atoms with Gasteiger partial charge in [0.15, 0.2) is 4.90 Å². The predicted molar refractivity (Wildman–Crippen MR) is 109 cm³/mol. The van der Waals surface area contributed by atoms with Crippen molar-refractivity contribution in [2.45, 2.75) is 41.6 Å². The summed E-state index contributed by atoms with van der Waals surface area (Å²) in [5, 5.41) is 11.2. The first-order valence-corrected chi connectivity index (χ1v) is 10.5. The molecule has 2 nitrogen and oxygen atoms in total. The highest BCUT2D eigenvalue weighted by molar-refractivity contribution is 7.91. The zero-order chi connectivity index (χ0) is 23.9. The Bertz CT molecular complexity index is 1070. The van der Waals surface area contributed by atoms with Crippen LogP contribution >= 0.6 is 0 Å². The highest BCUT2D eigenvalue weighted by Crippen LogP contribution is 2.41. The van der Waals surface area contributed by atoms with Gasteiger partial charge in [0, 0.05) is 5.56 Å². The Hall–Kier alpha value is -2.49. The van der Waals surface area contributed by atoms with Gasteiger partial charge < -0.3 is 5.11 Å². The van der Waals surface area contributed by atoms with Crippen LogP contribution in [0, 0.1) is 6.92 Å². The summed E-state index contributed by atoms with van der Waals surface area (Å²) in [6, 6.07) is 13.7. The largest absolute Gasteiger partial charge is 0.416 e. The molecule has 0 aliphatic heterocycles. The van der Waals surface area contributed by atoms with Gasteiger partial charge in [0.25, 0.3) is 0 Å². The quantitative estimate of drug-likeness (QED) is 0.323. The summed E-state index contributed by atoms with van der Waals surface area (Å²) < 4.78 is 90.7. The number of rotatable bonds is 4. The van der Waals surface area contributed by atoms with Crippen molar-refractivity contribution in [2.24, 2.45) is 0 Å². The molecule has 1 unspecified atom stereocenters. The summed E-state index contributed by atoms with van der Waals surface area (Å²) >= 11 is -1.59. The van der Waals surface area contributed by atoms with Crippen molar-refractivity contribution in [3.8, 4) is 0 Å². The fourth-order valence-electron chi connectivity index (χ4n) is 3.22. The minimum atomic E-state index is -5.05. The van der Waals surface area contributed by atoms with Crippen LogP contribution in [0.4, 0.5) is 26.3 Å². The molecule has 32 heavy (non-hydrogen) atoms. The Morgan fingerprint density at radius 3 is 1.69 bits per heavy atom. The fourth-order valence-corrected chi connectivity index (χ4v) is 4.55. The number of hydrogen-bond acceptors (Lipinski definition) is 2. The number of halogens is 6. The summed E-state index contributed by atoms with van der Waals surface area (Å²) in [6.45, 7) is 2.96. The van der Waals surface area contributed by atoms with Crippen molar-refractivity contribution in [3.05, 3.63) is 94.5 Å². The van der Waals surface area contributed by atoms with Crippen LogP contribution in [0.15, 0.2) is 76.5 Å². The second kappa shape index (κ2) is 8.46. The molecule has 2 atom stereocenters. The highest BCUT2D eigenvalue weighted by Gasteiger charge is 2.41. The Labute approximate surface area is 183 Å². The zero-order valence-electron chi connectivity index (χ0n) is 16.9. The van der Waals surface area contributed by atoms with Crippen molar-refractivity contribution in [2.75, 3.05) is 0 Å². The average Bonchev–Trinajstić information content (AvgIpc) is 2.72.